The van der Waals surface area contributed by atoms with Gasteiger partial charge in [-0.3, -0.25) is 0 Å². The van der Waals surface area contributed by atoms with Gasteiger partial charge in [-0.2, -0.15) is 0 Å². The molecule has 1 unspecified atom stereocenters. The van der Waals surface area contributed by atoms with Crippen molar-refractivity contribution in [1.29, 1.82) is 0 Å². The summed E-state index contributed by atoms with van der Waals surface area (Å²) in [5.74, 6) is 0.458. The molecule has 1 atom stereocenters. The van der Waals surface area contributed by atoms with E-state index in [0.717, 1.165) is 13.0 Å². The minimum absolute atomic E-state index is 0.194. The molecule has 0 amide bonds. The van der Waals surface area contributed by atoms with E-state index in [2.05, 4.69) is 55.9 Å². The molecule has 0 aliphatic heterocycles. The van der Waals surface area contributed by atoms with E-state index >= 15 is 0 Å². The molecule has 1 nitrogen and oxygen atoms in total. The Morgan fingerprint density at radius 2 is 1.85 bits per heavy atom. The van der Waals surface area contributed by atoms with Crippen molar-refractivity contribution in [3.05, 3.63) is 34.1 Å². The van der Waals surface area contributed by atoms with Crippen LogP contribution < -0.4 is 5.32 Å². The average molecular weight is 342 g/mol. The van der Waals surface area contributed by atoms with Gasteiger partial charge in [0.2, 0.25) is 0 Å². The first-order valence-corrected chi connectivity index (χ1v) is 8.18. The molecule has 1 aromatic carbocycles. The van der Waals surface area contributed by atoms with Crippen LogP contribution in [-0.2, 0) is 6.42 Å². The molecule has 1 saturated carbocycles. The van der Waals surface area contributed by atoms with E-state index in [9.17, 15) is 4.39 Å². The van der Waals surface area contributed by atoms with Crippen LogP contribution in [0.15, 0.2) is 22.7 Å². The summed E-state index contributed by atoms with van der Waals surface area (Å²) in [6, 6.07) is 5.79. The molecule has 0 aromatic heterocycles. The van der Waals surface area contributed by atoms with Crippen molar-refractivity contribution in [2.75, 3.05) is 6.54 Å². The highest BCUT2D eigenvalue weighted by molar-refractivity contribution is 9.10. The number of hydrogen-bond acceptors (Lipinski definition) is 1. The van der Waals surface area contributed by atoms with Crippen LogP contribution in [0.25, 0.3) is 0 Å². The van der Waals surface area contributed by atoms with Gasteiger partial charge in [-0.05, 0) is 63.3 Å². The maximum absolute atomic E-state index is 13.3. The summed E-state index contributed by atoms with van der Waals surface area (Å²) in [6.45, 7) is 12.5. The topological polar surface area (TPSA) is 12.0 Å². The fourth-order valence-electron chi connectivity index (χ4n) is 3.74. The lowest BCUT2D eigenvalue weighted by Crippen LogP contribution is -2.35. The SMILES string of the molecule is CCNC(Cc1ccc(F)c(Br)c1)C1C(C)(C)C1(C)C. The number of likely N-dealkylation sites (N-methyl/N-ethyl adjacent to an activating group) is 1. The minimum Gasteiger partial charge on any atom is -0.314 e. The zero-order chi connectivity index (χ0) is 15.1. The Bertz CT molecular complexity index is 482. The van der Waals surface area contributed by atoms with Crippen molar-refractivity contribution >= 4 is 15.9 Å². The zero-order valence-electron chi connectivity index (χ0n) is 13.1. The first-order chi connectivity index (χ1) is 9.21. The fraction of sp³-hybridized carbons (Fsp3) is 0.647. The van der Waals surface area contributed by atoms with E-state index in [4.69, 9.17) is 0 Å². The van der Waals surface area contributed by atoms with Crippen molar-refractivity contribution in [2.24, 2.45) is 16.7 Å². The van der Waals surface area contributed by atoms with Gasteiger partial charge in [0.1, 0.15) is 5.82 Å². The molecule has 0 spiro atoms. The van der Waals surface area contributed by atoms with Crippen LogP contribution in [0.3, 0.4) is 0 Å². The zero-order valence-corrected chi connectivity index (χ0v) is 14.6. The van der Waals surface area contributed by atoms with Gasteiger partial charge in [0, 0.05) is 6.04 Å². The summed E-state index contributed by atoms with van der Waals surface area (Å²) in [6.07, 6.45) is 0.949. The maximum Gasteiger partial charge on any atom is 0.137 e. The fourth-order valence-corrected chi connectivity index (χ4v) is 4.17. The Morgan fingerprint density at radius 3 is 2.30 bits per heavy atom. The van der Waals surface area contributed by atoms with Crippen LogP contribution in [0.5, 0.6) is 0 Å². The van der Waals surface area contributed by atoms with Gasteiger partial charge in [-0.1, -0.05) is 40.7 Å². The summed E-state index contributed by atoms with van der Waals surface area (Å²) >= 11 is 3.28. The summed E-state index contributed by atoms with van der Waals surface area (Å²) in [5, 5.41) is 3.63. The Hall–Kier alpha value is -0.410. The second-order valence-electron chi connectivity index (χ2n) is 7.04. The van der Waals surface area contributed by atoms with Crippen LogP contribution in [0.4, 0.5) is 4.39 Å². The van der Waals surface area contributed by atoms with Crippen LogP contribution in [0, 0.1) is 22.6 Å². The molecule has 20 heavy (non-hydrogen) atoms. The quantitative estimate of drug-likeness (QED) is 0.811. The van der Waals surface area contributed by atoms with Gasteiger partial charge in [-0.15, -0.1) is 0 Å². The van der Waals surface area contributed by atoms with E-state index in [1.807, 2.05) is 12.1 Å². The molecule has 1 fully saturated rings. The third-order valence-corrected chi connectivity index (χ3v) is 6.05. The Morgan fingerprint density at radius 1 is 1.25 bits per heavy atom. The molecule has 1 aromatic rings. The van der Waals surface area contributed by atoms with Crippen LogP contribution in [0.2, 0.25) is 0 Å². The first-order valence-electron chi connectivity index (χ1n) is 7.39. The van der Waals surface area contributed by atoms with E-state index < -0.39 is 0 Å². The molecule has 1 aliphatic carbocycles. The second-order valence-corrected chi connectivity index (χ2v) is 7.89. The number of benzene rings is 1. The molecular formula is C17H25BrFN. The molecule has 0 bridgehead atoms. The molecule has 1 aliphatic rings. The molecule has 1 N–H and O–H groups in total. The largest absolute Gasteiger partial charge is 0.314 e. The Balaban J connectivity index is 2.17. The van der Waals surface area contributed by atoms with Crippen LogP contribution in [0.1, 0.15) is 40.2 Å². The van der Waals surface area contributed by atoms with E-state index in [0.29, 0.717) is 27.3 Å². The second kappa shape index (κ2) is 5.42. The van der Waals surface area contributed by atoms with Crippen LogP contribution >= 0.6 is 15.9 Å². The van der Waals surface area contributed by atoms with E-state index in [1.54, 1.807) is 6.07 Å². The summed E-state index contributed by atoms with van der Waals surface area (Å²) in [4.78, 5) is 0. The smallest absolute Gasteiger partial charge is 0.137 e. The third-order valence-electron chi connectivity index (χ3n) is 5.44. The first kappa shape index (κ1) is 16.0. The normalized spacial score (nSPS) is 21.8. The number of halogens is 2. The van der Waals surface area contributed by atoms with Gasteiger partial charge in [0.25, 0.3) is 0 Å². The van der Waals surface area contributed by atoms with Crippen molar-refractivity contribution in [2.45, 2.75) is 47.1 Å². The molecule has 112 valence electrons. The maximum atomic E-state index is 13.3. The van der Waals surface area contributed by atoms with Gasteiger partial charge in [0.15, 0.2) is 0 Å². The van der Waals surface area contributed by atoms with Gasteiger partial charge in [0.05, 0.1) is 4.47 Å². The molecular weight excluding hydrogens is 317 g/mol. The van der Waals surface area contributed by atoms with E-state index in [-0.39, 0.29) is 5.82 Å². The molecule has 2 rings (SSSR count). The lowest BCUT2D eigenvalue weighted by atomic mass is 9.96. The minimum atomic E-state index is -0.194. The molecule has 0 saturated heterocycles. The summed E-state index contributed by atoms with van der Waals surface area (Å²) < 4.78 is 13.9. The van der Waals surface area contributed by atoms with Gasteiger partial charge >= 0.3 is 0 Å². The molecule has 3 heteroatoms. The third kappa shape index (κ3) is 2.67. The van der Waals surface area contributed by atoms with Crippen LogP contribution in [-0.4, -0.2) is 12.6 Å². The highest BCUT2D eigenvalue weighted by atomic mass is 79.9. The van der Waals surface area contributed by atoms with Crippen molar-refractivity contribution in [1.82, 2.24) is 5.32 Å². The predicted octanol–water partition coefficient (Wildman–Crippen LogP) is 4.79. The van der Waals surface area contributed by atoms with Crippen molar-refractivity contribution in [3.63, 3.8) is 0 Å². The number of nitrogens with one attached hydrogen (secondary N) is 1. The average Bonchev–Trinajstić information content (AvgIpc) is 2.74. The van der Waals surface area contributed by atoms with Crippen molar-refractivity contribution < 1.29 is 4.39 Å². The Kier molecular flexibility index (Phi) is 4.32. The molecule has 0 radical (unpaired) electrons. The van der Waals surface area contributed by atoms with Crippen molar-refractivity contribution in [3.8, 4) is 0 Å². The Labute approximate surface area is 130 Å². The standard InChI is InChI=1S/C17H25BrFN/c1-6-20-14(15-16(2,3)17(15,4)5)10-11-7-8-13(19)12(18)9-11/h7-9,14-15,20H,6,10H2,1-5H3. The van der Waals surface area contributed by atoms with Gasteiger partial charge in [-0.25, -0.2) is 4.39 Å². The summed E-state index contributed by atoms with van der Waals surface area (Å²) in [5.41, 5.74) is 1.90. The lowest BCUT2D eigenvalue weighted by molar-refractivity contribution is 0.403. The highest BCUT2D eigenvalue weighted by Crippen LogP contribution is 2.69. The number of rotatable bonds is 5. The van der Waals surface area contributed by atoms with E-state index in [1.165, 1.54) is 5.56 Å². The van der Waals surface area contributed by atoms with Gasteiger partial charge < -0.3 is 5.32 Å². The summed E-state index contributed by atoms with van der Waals surface area (Å²) in [7, 11) is 0. The lowest BCUT2D eigenvalue weighted by Gasteiger charge is -2.20. The monoisotopic (exact) mass is 341 g/mol. The number of hydrogen-bond donors (Lipinski definition) is 1. The molecule has 0 heterocycles. The predicted molar refractivity (Wildman–Crippen MR) is 86.3 cm³/mol. The highest BCUT2D eigenvalue weighted by Gasteiger charge is 2.66.